The first-order valence-corrected chi connectivity index (χ1v) is 7.48. The number of rotatable bonds is 4. The van der Waals surface area contributed by atoms with Crippen LogP contribution in [0.2, 0.25) is 0 Å². The van der Waals surface area contributed by atoms with Crippen molar-refractivity contribution in [3.05, 3.63) is 75.4 Å². The Kier molecular flexibility index (Phi) is 4.30. The molecule has 0 saturated carbocycles. The van der Waals surface area contributed by atoms with E-state index >= 15 is 0 Å². The molecule has 2 N–H and O–H groups in total. The van der Waals surface area contributed by atoms with Crippen molar-refractivity contribution in [2.45, 2.75) is 0 Å². The van der Waals surface area contributed by atoms with Crippen molar-refractivity contribution >= 4 is 5.82 Å². The maximum atomic E-state index is 12.9. The molecular formula is C18H17N3O4. The van der Waals surface area contributed by atoms with Gasteiger partial charge in [-0.2, -0.15) is 0 Å². The third-order valence-corrected chi connectivity index (χ3v) is 3.79. The molecule has 0 fully saturated rings. The molecule has 0 amide bonds. The first-order valence-electron chi connectivity index (χ1n) is 7.48. The summed E-state index contributed by atoms with van der Waals surface area (Å²) in [5.41, 5.74) is 5.82. The van der Waals surface area contributed by atoms with E-state index in [1.54, 1.807) is 62.8 Å². The minimum atomic E-state index is -0.555. The quantitative estimate of drug-likeness (QED) is 0.780. The molecule has 3 aromatic rings. The van der Waals surface area contributed by atoms with Crippen LogP contribution in [0, 0.1) is 0 Å². The van der Waals surface area contributed by atoms with E-state index in [1.165, 1.54) is 10.6 Å². The Balaban J connectivity index is 2.20. The molecule has 0 radical (unpaired) electrons. The van der Waals surface area contributed by atoms with Crippen LogP contribution in [0.15, 0.2) is 64.2 Å². The predicted molar refractivity (Wildman–Crippen MR) is 95.2 cm³/mol. The van der Waals surface area contributed by atoms with Gasteiger partial charge < -0.3 is 15.2 Å². The van der Waals surface area contributed by atoms with E-state index in [1.807, 2.05) is 0 Å². The van der Waals surface area contributed by atoms with E-state index < -0.39 is 11.2 Å². The number of nitrogen functional groups attached to an aromatic ring is 1. The Morgan fingerprint density at radius 3 is 1.64 bits per heavy atom. The molecule has 0 aliphatic carbocycles. The summed E-state index contributed by atoms with van der Waals surface area (Å²) < 4.78 is 12.5. The van der Waals surface area contributed by atoms with Gasteiger partial charge in [0.2, 0.25) is 0 Å². The molecule has 0 saturated heterocycles. The normalized spacial score (nSPS) is 10.5. The van der Waals surface area contributed by atoms with Crippen LogP contribution in [0.3, 0.4) is 0 Å². The van der Waals surface area contributed by atoms with Gasteiger partial charge in [0.25, 0.3) is 5.56 Å². The van der Waals surface area contributed by atoms with E-state index in [2.05, 4.69) is 0 Å². The number of ether oxygens (including phenoxy) is 2. The first kappa shape index (κ1) is 16.4. The summed E-state index contributed by atoms with van der Waals surface area (Å²) in [6.07, 6.45) is 0. The molecule has 128 valence electrons. The van der Waals surface area contributed by atoms with Gasteiger partial charge in [0.1, 0.15) is 17.3 Å². The lowest BCUT2D eigenvalue weighted by Crippen LogP contribution is -2.38. The average molecular weight is 339 g/mol. The van der Waals surface area contributed by atoms with Crippen LogP contribution >= 0.6 is 0 Å². The lowest BCUT2D eigenvalue weighted by Gasteiger charge is -2.13. The topological polar surface area (TPSA) is 88.5 Å². The highest BCUT2D eigenvalue weighted by Crippen LogP contribution is 2.16. The van der Waals surface area contributed by atoms with E-state index in [9.17, 15) is 9.59 Å². The standard InChI is InChI=1S/C18H17N3O4/c1-24-14-7-3-12(4-8-14)20-16(19)11-17(22)21(18(20)23)13-5-9-15(25-2)10-6-13/h3-11H,19H2,1-2H3. The van der Waals surface area contributed by atoms with Gasteiger partial charge in [-0.15, -0.1) is 0 Å². The fraction of sp³-hybridized carbons (Fsp3) is 0.111. The maximum absolute atomic E-state index is 12.9. The number of hydrogen-bond donors (Lipinski definition) is 1. The van der Waals surface area contributed by atoms with Gasteiger partial charge in [-0.3, -0.25) is 4.79 Å². The minimum absolute atomic E-state index is 0.0601. The highest BCUT2D eigenvalue weighted by atomic mass is 16.5. The SMILES string of the molecule is COc1ccc(-n2c(N)cc(=O)n(-c3ccc(OC)cc3)c2=O)cc1. The molecule has 0 atom stereocenters. The highest BCUT2D eigenvalue weighted by Gasteiger charge is 2.13. The summed E-state index contributed by atoms with van der Waals surface area (Å²) in [5, 5.41) is 0. The zero-order valence-corrected chi connectivity index (χ0v) is 13.8. The third-order valence-electron chi connectivity index (χ3n) is 3.79. The van der Waals surface area contributed by atoms with E-state index in [-0.39, 0.29) is 5.82 Å². The van der Waals surface area contributed by atoms with Gasteiger partial charge >= 0.3 is 5.69 Å². The van der Waals surface area contributed by atoms with Crippen LogP contribution in [-0.4, -0.2) is 23.4 Å². The van der Waals surface area contributed by atoms with Crippen molar-refractivity contribution in [1.82, 2.24) is 9.13 Å². The number of hydrogen-bond acceptors (Lipinski definition) is 5. The Labute approximate surface area is 143 Å². The van der Waals surface area contributed by atoms with Crippen molar-refractivity contribution in [2.75, 3.05) is 20.0 Å². The molecule has 1 heterocycles. The second kappa shape index (κ2) is 6.56. The smallest absolute Gasteiger partial charge is 0.341 e. The minimum Gasteiger partial charge on any atom is -0.497 e. The molecule has 0 spiro atoms. The van der Waals surface area contributed by atoms with Crippen molar-refractivity contribution in [3.8, 4) is 22.9 Å². The van der Waals surface area contributed by atoms with Gasteiger partial charge in [0.15, 0.2) is 0 Å². The number of nitrogens with two attached hydrogens (primary N) is 1. The molecule has 0 aliphatic rings. The monoisotopic (exact) mass is 339 g/mol. The van der Waals surface area contributed by atoms with Gasteiger partial charge in [0.05, 0.1) is 25.6 Å². The molecule has 25 heavy (non-hydrogen) atoms. The summed E-state index contributed by atoms with van der Waals surface area (Å²) in [6, 6.07) is 14.7. The Hall–Kier alpha value is -3.48. The molecule has 2 aromatic carbocycles. The van der Waals surface area contributed by atoms with Crippen LogP contribution in [0.1, 0.15) is 0 Å². The number of benzene rings is 2. The Morgan fingerprint density at radius 2 is 1.20 bits per heavy atom. The second-order valence-corrected chi connectivity index (χ2v) is 5.26. The van der Waals surface area contributed by atoms with Gasteiger partial charge in [-0.1, -0.05) is 0 Å². The molecule has 0 aliphatic heterocycles. The average Bonchev–Trinajstić information content (AvgIpc) is 2.62. The van der Waals surface area contributed by atoms with Crippen LogP contribution < -0.4 is 26.5 Å². The molecule has 1 aromatic heterocycles. The largest absolute Gasteiger partial charge is 0.497 e. The molecule has 7 nitrogen and oxygen atoms in total. The van der Waals surface area contributed by atoms with Gasteiger partial charge in [0, 0.05) is 6.07 Å². The van der Waals surface area contributed by atoms with Crippen molar-refractivity contribution < 1.29 is 9.47 Å². The second-order valence-electron chi connectivity index (χ2n) is 5.26. The molecule has 0 unspecified atom stereocenters. The van der Waals surface area contributed by atoms with E-state index in [0.29, 0.717) is 22.9 Å². The van der Waals surface area contributed by atoms with Crippen molar-refractivity contribution in [1.29, 1.82) is 0 Å². The molecule has 3 rings (SSSR count). The summed E-state index contributed by atoms with van der Waals surface area (Å²) >= 11 is 0. The molecular weight excluding hydrogens is 322 g/mol. The number of nitrogens with zero attached hydrogens (tertiary/aromatic N) is 2. The highest BCUT2D eigenvalue weighted by molar-refractivity contribution is 5.46. The Bertz CT molecular complexity index is 1000. The van der Waals surface area contributed by atoms with Crippen LogP contribution in [-0.2, 0) is 0 Å². The van der Waals surface area contributed by atoms with Crippen LogP contribution in [0.25, 0.3) is 11.4 Å². The Morgan fingerprint density at radius 1 is 0.760 bits per heavy atom. The van der Waals surface area contributed by atoms with Gasteiger partial charge in [-0.05, 0) is 48.5 Å². The van der Waals surface area contributed by atoms with Gasteiger partial charge in [-0.25, -0.2) is 13.9 Å². The van der Waals surface area contributed by atoms with Crippen molar-refractivity contribution in [3.63, 3.8) is 0 Å². The predicted octanol–water partition coefficient (Wildman–Crippen LogP) is 1.59. The zero-order chi connectivity index (χ0) is 18.0. The number of anilines is 1. The summed E-state index contributed by atoms with van der Waals surface area (Å²) in [5.74, 6) is 1.34. The lowest BCUT2D eigenvalue weighted by atomic mass is 10.3. The summed E-state index contributed by atoms with van der Waals surface area (Å²) in [6.45, 7) is 0. The zero-order valence-electron chi connectivity index (χ0n) is 13.8. The van der Waals surface area contributed by atoms with E-state index in [0.717, 1.165) is 4.57 Å². The number of methoxy groups -OCH3 is 2. The summed E-state index contributed by atoms with van der Waals surface area (Å²) in [7, 11) is 3.10. The lowest BCUT2D eigenvalue weighted by molar-refractivity contribution is 0.414. The molecule has 7 heteroatoms. The van der Waals surface area contributed by atoms with E-state index in [4.69, 9.17) is 15.2 Å². The maximum Gasteiger partial charge on any atom is 0.341 e. The third kappa shape index (κ3) is 2.99. The van der Waals surface area contributed by atoms with Crippen LogP contribution in [0.4, 0.5) is 5.82 Å². The number of aromatic nitrogens is 2. The van der Waals surface area contributed by atoms with Crippen LogP contribution in [0.5, 0.6) is 11.5 Å². The fourth-order valence-electron chi connectivity index (χ4n) is 2.52. The first-order chi connectivity index (χ1) is 12.0. The summed E-state index contributed by atoms with van der Waals surface area (Å²) in [4.78, 5) is 25.2. The molecule has 0 bridgehead atoms. The fourth-order valence-corrected chi connectivity index (χ4v) is 2.52. The van der Waals surface area contributed by atoms with Crippen molar-refractivity contribution in [2.24, 2.45) is 0 Å².